The first kappa shape index (κ1) is 13.4. The maximum atomic E-state index is 11.7. The summed E-state index contributed by atoms with van der Waals surface area (Å²) in [5.41, 5.74) is 0.552. The molecule has 0 aliphatic heterocycles. The number of aromatic nitrogens is 1. The maximum absolute atomic E-state index is 11.7. The Balaban J connectivity index is 2.36. The molecule has 1 N–H and O–H groups in total. The molecule has 0 aromatic carbocycles. The maximum Gasteiger partial charge on any atom is 0.252 e. The molecule has 0 spiro atoms. The van der Waals surface area contributed by atoms with Crippen LogP contribution in [-0.4, -0.2) is 50.1 Å². The van der Waals surface area contributed by atoms with E-state index in [1.54, 1.807) is 19.2 Å². The highest BCUT2D eigenvalue weighted by molar-refractivity contribution is 5.93. The van der Waals surface area contributed by atoms with Crippen LogP contribution in [-0.2, 0) is 0 Å². The third kappa shape index (κ3) is 4.82. The van der Waals surface area contributed by atoms with Gasteiger partial charge in [0, 0.05) is 18.8 Å². The summed E-state index contributed by atoms with van der Waals surface area (Å²) in [6.45, 7) is 1.63. The second-order valence-corrected chi connectivity index (χ2v) is 4.00. The van der Waals surface area contributed by atoms with Crippen LogP contribution in [0.5, 0.6) is 5.88 Å². The molecule has 0 unspecified atom stereocenters. The highest BCUT2D eigenvalue weighted by atomic mass is 16.5. The Morgan fingerprint density at radius 2 is 2.24 bits per heavy atom. The fraction of sp³-hybridized carbons (Fsp3) is 0.500. The molecule has 5 heteroatoms. The van der Waals surface area contributed by atoms with Crippen molar-refractivity contribution in [2.24, 2.45) is 0 Å². The van der Waals surface area contributed by atoms with E-state index in [1.165, 1.54) is 6.20 Å². The molecule has 94 valence electrons. The first-order valence-corrected chi connectivity index (χ1v) is 5.56. The fourth-order valence-electron chi connectivity index (χ4n) is 1.33. The zero-order valence-corrected chi connectivity index (χ0v) is 10.6. The van der Waals surface area contributed by atoms with Gasteiger partial charge >= 0.3 is 0 Å². The third-order valence-electron chi connectivity index (χ3n) is 2.28. The van der Waals surface area contributed by atoms with Gasteiger partial charge in [-0.05, 0) is 33.1 Å². The number of rotatable bonds is 6. The summed E-state index contributed by atoms with van der Waals surface area (Å²) in [7, 11) is 5.56. The van der Waals surface area contributed by atoms with E-state index in [0.29, 0.717) is 18.0 Å². The van der Waals surface area contributed by atoms with Gasteiger partial charge in [-0.3, -0.25) is 4.79 Å². The minimum atomic E-state index is -0.0982. The van der Waals surface area contributed by atoms with Crippen LogP contribution in [0.25, 0.3) is 0 Å². The van der Waals surface area contributed by atoms with Crippen LogP contribution in [0.4, 0.5) is 0 Å². The van der Waals surface area contributed by atoms with Crippen LogP contribution in [0.3, 0.4) is 0 Å². The van der Waals surface area contributed by atoms with Crippen molar-refractivity contribution >= 4 is 5.91 Å². The number of nitrogens with one attached hydrogen (secondary N) is 1. The number of amides is 1. The number of nitrogens with zero attached hydrogens (tertiary/aromatic N) is 2. The summed E-state index contributed by atoms with van der Waals surface area (Å²) < 4.78 is 4.93. The molecule has 1 heterocycles. The number of carbonyl (C=O) groups is 1. The number of methoxy groups -OCH3 is 1. The van der Waals surface area contributed by atoms with Crippen LogP contribution in [0.15, 0.2) is 18.3 Å². The minimum Gasteiger partial charge on any atom is -0.481 e. The van der Waals surface area contributed by atoms with E-state index in [9.17, 15) is 4.79 Å². The average molecular weight is 237 g/mol. The normalized spacial score (nSPS) is 10.4. The van der Waals surface area contributed by atoms with Crippen molar-refractivity contribution in [2.45, 2.75) is 6.42 Å². The largest absolute Gasteiger partial charge is 0.481 e. The molecule has 0 fully saturated rings. The first-order valence-electron chi connectivity index (χ1n) is 5.56. The molecular weight excluding hydrogens is 218 g/mol. The Labute approximate surface area is 102 Å². The summed E-state index contributed by atoms with van der Waals surface area (Å²) in [5.74, 6) is 0.410. The predicted molar refractivity (Wildman–Crippen MR) is 66.3 cm³/mol. The van der Waals surface area contributed by atoms with Crippen LogP contribution in [0, 0.1) is 0 Å². The van der Waals surface area contributed by atoms with Gasteiger partial charge in [-0.25, -0.2) is 4.98 Å². The Morgan fingerprint density at radius 3 is 2.76 bits per heavy atom. The molecule has 1 aromatic heterocycles. The van der Waals surface area contributed by atoms with Gasteiger partial charge < -0.3 is 15.0 Å². The van der Waals surface area contributed by atoms with E-state index in [2.05, 4.69) is 15.2 Å². The summed E-state index contributed by atoms with van der Waals surface area (Å²) >= 11 is 0. The van der Waals surface area contributed by atoms with Gasteiger partial charge in [-0.1, -0.05) is 0 Å². The molecule has 0 aliphatic carbocycles. The molecule has 5 nitrogen and oxygen atoms in total. The van der Waals surface area contributed by atoms with Crippen LogP contribution in [0.1, 0.15) is 16.8 Å². The molecule has 0 radical (unpaired) electrons. The monoisotopic (exact) mass is 237 g/mol. The summed E-state index contributed by atoms with van der Waals surface area (Å²) in [4.78, 5) is 17.8. The molecule has 17 heavy (non-hydrogen) atoms. The summed E-state index contributed by atoms with van der Waals surface area (Å²) in [6, 6.07) is 3.38. The standard InChI is InChI=1S/C12H19N3O2/c1-15(2)8-4-7-13-12(16)10-5-6-11(17-3)14-9-10/h5-6,9H,4,7-8H2,1-3H3,(H,13,16). The molecule has 0 bridgehead atoms. The van der Waals surface area contributed by atoms with E-state index >= 15 is 0 Å². The van der Waals surface area contributed by atoms with Gasteiger partial charge in [0.1, 0.15) is 0 Å². The minimum absolute atomic E-state index is 0.0982. The molecule has 0 aliphatic rings. The second-order valence-electron chi connectivity index (χ2n) is 4.00. The number of hydrogen-bond acceptors (Lipinski definition) is 4. The summed E-state index contributed by atoms with van der Waals surface area (Å²) in [5, 5.41) is 2.85. The smallest absolute Gasteiger partial charge is 0.252 e. The average Bonchev–Trinajstić information content (AvgIpc) is 2.34. The Bertz CT molecular complexity index is 349. The van der Waals surface area contributed by atoms with Gasteiger partial charge in [-0.2, -0.15) is 0 Å². The molecule has 0 saturated heterocycles. The number of carbonyl (C=O) groups excluding carboxylic acids is 1. The van der Waals surface area contributed by atoms with Crippen molar-refractivity contribution in [1.29, 1.82) is 0 Å². The molecule has 1 aromatic rings. The molecular formula is C12H19N3O2. The highest BCUT2D eigenvalue weighted by Gasteiger charge is 2.05. The lowest BCUT2D eigenvalue weighted by Gasteiger charge is -2.09. The molecule has 0 atom stereocenters. The van der Waals surface area contributed by atoms with Crippen molar-refractivity contribution in [1.82, 2.24) is 15.2 Å². The van der Waals surface area contributed by atoms with Crippen LogP contribution < -0.4 is 10.1 Å². The van der Waals surface area contributed by atoms with Crippen molar-refractivity contribution < 1.29 is 9.53 Å². The van der Waals surface area contributed by atoms with Gasteiger partial charge in [0.05, 0.1) is 12.7 Å². The van der Waals surface area contributed by atoms with E-state index in [1.807, 2.05) is 14.1 Å². The lowest BCUT2D eigenvalue weighted by molar-refractivity contribution is 0.0952. The van der Waals surface area contributed by atoms with Crippen molar-refractivity contribution in [2.75, 3.05) is 34.3 Å². The third-order valence-corrected chi connectivity index (χ3v) is 2.28. The number of ether oxygens (including phenoxy) is 1. The zero-order chi connectivity index (χ0) is 12.7. The zero-order valence-electron chi connectivity index (χ0n) is 10.6. The van der Waals surface area contributed by atoms with Crippen molar-refractivity contribution in [3.8, 4) is 5.88 Å². The predicted octanol–water partition coefficient (Wildman–Crippen LogP) is 0.772. The highest BCUT2D eigenvalue weighted by Crippen LogP contribution is 2.06. The van der Waals surface area contributed by atoms with E-state index < -0.39 is 0 Å². The SMILES string of the molecule is COc1ccc(C(=O)NCCCN(C)C)cn1. The van der Waals surface area contributed by atoms with Crippen LogP contribution >= 0.6 is 0 Å². The van der Waals surface area contributed by atoms with Crippen molar-refractivity contribution in [3.63, 3.8) is 0 Å². The first-order chi connectivity index (χ1) is 8.13. The molecule has 1 amide bonds. The molecule has 0 saturated carbocycles. The fourth-order valence-corrected chi connectivity index (χ4v) is 1.33. The van der Waals surface area contributed by atoms with Gasteiger partial charge in [0.2, 0.25) is 5.88 Å². The Hall–Kier alpha value is -1.62. The number of hydrogen-bond donors (Lipinski definition) is 1. The van der Waals surface area contributed by atoms with Gasteiger partial charge in [-0.15, -0.1) is 0 Å². The van der Waals surface area contributed by atoms with E-state index in [0.717, 1.165) is 13.0 Å². The molecule has 1 rings (SSSR count). The van der Waals surface area contributed by atoms with Gasteiger partial charge in [0.25, 0.3) is 5.91 Å². The Kier molecular flexibility index (Phi) is 5.42. The summed E-state index contributed by atoms with van der Waals surface area (Å²) in [6.07, 6.45) is 2.45. The van der Waals surface area contributed by atoms with E-state index in [-0.39, 0.29) is 5.91 Å². The Morgan fingerprint density at radius 1 is 1.47 bits per heavy atom. The second kappa shape index (κ2) is 6.85. The lowest BCUT2D eigenvalue weighted by Crippen LogP contribution is -2.27. The number of pyridine rings is 1. The van der Waals surface area contributed by atoms with Gasteiger partial charge in [0.15, 0.2) is 0 Å². The van der Waals surface area contributed by atoms with Crippen LogP contribution in [0.2, 0.25) is 0 Å². The lowest BCUT2D eigenvalue weighted by atomic mass is 10.2. The topological polar surface area (TPSA) is 54.5 Å². The quantitative estimate of drug-likeness (QED) is 0.743. The van der Waals surface area contributed by atoms with E-state index in [4.69, 9.17) is 4.74 Å². The van der Waals surface area contributed by atoms with Crippen molar-refractivity contribution in [3.05, 3.63) is 23.9 Å².